The van der Waals surface area contributed by atoms with Crippen molar-refractivity contribution in [2.24, 2.45) is 0 Å². The molecule has 1 aliphatic heterocycles. The molecule has 1 aliphatic rings. The summed E-state index contributed by atoms with van der Waals surface area (Å²) in [6, 6.07) is 6.40. The smallest absolute Gasteiger partial charge is 0.141 e. The Balaban J connectivity index is 2.19. The molecule has 0 saturated carbocycles. The van der Waals surface area contributed by atoms with Crippen LogP contribution in [0.4, 0.5) is 4.39 Å². The van der Waals surface area contributed by atoms with E-state index in [2.05, 4.69) is 31.0 Å². The molecule has 0 amide bonds. The first kappa shape index (κ1) is 15.7. The van der Waals surface area contributed by atoms with Crippen LogP contribution in [0.5, 0.6) is 0 Å². The van der Waals surface area contributed by atoms with Crippen LogP contribution in [-0.2, 0) is 0 Å². The lowest BCUT2D eigenvalue weighted by atomic mass is 9.99. The molecule has 2 nitrogen and oxygen atoms in total. The fourth-order valence-corrected chi connectivity index (χ4v) is 3.17. The zero-order chi connectivity index (χ0) is 14.7. The number of rotatable bonds is 4. The number of benzene rings is 1. The van der Waals surface area contributed by atoms with E-state index in [1.807, 2.05) is 6.07 Å². The molecule has 1 N–H and O–H groups in total. The molecule has 0 radical (unpaired) electrons. The van der Waals surface area contributed by atoms with Gasteiger partial charge in [-0.05, 0) is 37.5 Å². The number of hydrogen-bond donors (Lipinski definition) is 1. The molecule has 2 rings (SSSR count). The highest BCUT2D eigenvalue weighted by atomic mass is 35.5. The van der Waals surface area contributed by atoms with Crippen LogP contribution in [-0.4, -0.2) is 30.1 Å². The molecule has 1 heterocycles. The van der Waals surface area contributed by atoms with E-state index < -0.39 is 0 Å². The van der Waals surface area contributed by atoms with Gasteiger partial charge < -0.3 is 5.32 Å². The second-order valence-corrected chi connectivity index (χ2v) is 6.03. The maximum atomic E-state index is 13.3. The Kier molecular flexibility index (Phi) is 5.42. The van der Waals surface area contributed by atoms with Crippen LogP contribution in [0.25, 0.3) is 0 Å². The van der Waals surface area contributed by atoms with Gasteiger partial charge in [-0.15, -0.1) is 0 Å². The van der Waals surface area contributed by atoms with Gasteiger partial charge in [0.15, 0.2) is 0 Å². The minimum Gasteiger partial charge on any atom is -0.311 e. The molecule has 20 heavy (non-hydrogen) atoms. The Labute approximate surface area is 126 Å². The summed E-state index contributed by atoms with van der Waals surface area (Å²) in [4.78, 5) is 2.52. The summed E-state index contributed by atoms with van der Waals surface area (Å²) < 4.78 is 13.3. The fraction of sp³-hybridized carbons (Fsp3) is 0.625. The van der Waals surface area contributed by atoms with Gasteiger partial charge in [-0.3, -0.25) is 4.90 Å². The molecule has 0 aliphatic carbocycles. The van der Waals surface area contributed by atoms with Crippen molar-refractivity contribution < 1.29 is 4.39 Å². The molecule has 112 valence electrons. The van der Waals surface area contributed by atoms with Crippen molar-refractivity contribution in [2.75, 3.05) is 13.1 Å². The summed E-state index contributed by atoms with van der Waals surface area (Å²) in [5.74, 6) is -0.346. The molecule has 0 spiro atoms. The van der Waals surface area contributed by atoms with Gasteiger partial charge in [0.2, 0.25) is 0 Å². The van der Waals surface area contributed by atoms with Gasteiger partial charge >= 0.3 is 0 Å². The third kappa shape index (κ3) is 3.33. The van der Waals surface area contributed by atoms with Gasteiger partial charge in [0.25, 0.3) is 0 Å². The summed E-state index contributed by atoms with van der Waals surface area (Å²) in [6.45, 7) is 8.67. The van der Waals surface area contributed by atoms with E-state index in [0.717, 1.165) is 31.5 Å². The zero-order valence-electron chi connectivity index (χ0n) is 12.5. The minimum atomic E-state index is -0.346. The lowest BCUT2D eigenvalue weighted by Crippen LogP contribution is -2.56. The zero-order valence-corrected chi connectivity index (χ0v) is 13.3. The van der Waals surface area contributed by atoms with E-state index in [9.17, 15) is 4.39 Å². The molecule has 1 aromatic rings. The lowest BCUT2D eigenvalue weighted by molar-refractivity contribution is 0.0850. The van der Waals surface area contributed by atoms with Crippen molar-refractivity contribution in [2.45, 2.75) is 51.7 Å². The largest absolute Gasteiger partial charge is 0.311 e. The molecular formula is C16H24ClFN2. The van der Waals surface area contributed by atoms with Crippen molar-refractivity contribution in [3.8, 4) is 0 Å². The Bertz CT molecular complexity index is 452. The number of nitrogens with zero attached hydrogens (tertiary/aromatic N) is 1. The van der Waals surface area contributed by atoms with E-state index in [1.54, 1.807) is 6.07 Å². The van der Waals surface area contributed by atoms with E-state index in [0.29, 0.717) is 12.1 Å². The summed E-state index contributed by atoms with van der Waals surface area (Å²) in [6.07, 6.45) is 2.24. The Hall–Kier alpha value is -0.640. The second-order valence-electron chi connectivity index (χ2n) is 5.62. The van der Waals surface area contributed by atoms with Crippen LogP contribution in [0.1, 0.15) is 45.2 Å². The van der Waals surface area contributed by atoms with Crippen molar-refractivity contribution in [1.29, 1.82) is 0 Å². The molecule has 1 saturated heterocycles. The third-order valence-electron chi connectivity index (χ3n) is 4.43. The first-order valence-electron chi connectivity index (χ1n) is 7.50. The molecule has 3 unspecified atom stereocenters. The number of hydrogen-bond acceptors (Lipinski definition) is 2. The van der Waals surface area contributed by atoms with E-state index in [-0.39, 0.29) is 16.9 Å². The molecule has 0 aromatic heterocycles. The molecule has 3 atom stereocenters. The number of nitrogens with one attached hydrogen (secondary N) is 1. The van der Waals surface area contributed by atoms with Gasteiger partial charge in [0, 0.05) is 31.2 Å². The maximum absolute atomic E-state index is 13.3. The fourth-order valence-electron chi connectivity index (χ4n) is 2.98. The van der Waals surface area contributed by atoms with E-state index in [4.69, 9.17) is 11.6 Å². The van der Waals surface area contributed by atoms with Gasteiger partial charge in [0.1, 0.15) is 5.82 Å². The van der Waals surface area contributed by atoms with Gasteiger partial charge in [0.05, 0.1) is 5.02 Å². The summed E-state index contributed by atoms with van der Waals surface area (Å²) >= 11 is 5.92. The topological polar surface area (TPSA) is 15.3 Å². The van der Waals surface area contributed by atoms with Crippen LogP contribution in [0.15, 0.2) is 18.2 Å². The molecular weight excluding hydrogens is 275 g/mol. The van der Waals surface area contributed by atoms with Crippen LogP contribution >= 0.6 is 11.6 Å². The second kappa shape index (κ2) is 6.88. The first-order valence-corrected chi connectivity index (χ1v) is 7.88. The average Bonchev–Trinajstić information content (AvgIpc) is 2.48. The summed E-state index contributed by atoms with van der Waals surface area (Å²) in [5.41, 5.74) is 1.09. The van der Waals surface area contributed by atoms with Gasteiger partial charge in [-0.2, -0.15) is 0 Å². The van der Waals surface area contributed by atoms with Crippen molar-refractivity contribution in [3.63, 3.8) is 0 Å². The Morgan fingerprint density at radius 2 is 2.15 bits per heavy atom. The molecule has 0 bridgehead atoms. The lowest BCUT2D eigenvalue weighted by Gasteiger charge is -2.43. The van der Waals surface area contributed by atoms with Crippen molar-refractivity contribution in [1.82, 2.24) is 10.2 Å². The predicted molar refractivity (Wildman–Crippen MR) is 82.7 cm³/mol. The average molecular weight is 299 g/mol. The summed E-state index contributed by atoms with van der Waals surface area (Å²) in [5, 5.41) is 3.81. The highest BCUT2D eigenvalue weighted by Crippen LogP contribution is 2.28. The molecule has 1 fully saturated rings. The van der Waals surface area contributed by atoms with Crippen molar-refractivity contribution in [3.05, 3.63) is 34.6 Å². The van der Waals surface area contributed by atoms with Crippen LogP contribution in [0, 0.1) is 5.82 Å². The first-order chi connectivity index (χ1) is 9.56. The number of halogens is 2. The normalized spacial score (nSPS) is 25.6. The predicted octanol–water partition coefficient (Wildman–Crippen LogP) is 4.00. The Morgan fingerprint density at radius 1 is 1.40 bits per heavy atom. The number of piperazine rings is 1. The van der Waals surface area contributed by atoms with Gasteiger partial charge in [-0.25, -0.2) is 4.39 Å². The third-order valence-corrected chi connectivity index (χ3v) is 4.72. The van der Waals surface area contributed by atoms with Crippen LogP contribution in [0.3, 0.4) is 0 Å². The summed E-state index contributed by atoms with van der Waals surface area (Å²) in [7, 11) is 0. The van der Waals surface area contributed by atoms with Crippen LogP contribution < -0.4 is 5.32 Å². The molecule has 4 heteroatoms. The maximum Gasteiger partial charge on any atom is 0.141 e. The highest BCUT2D eigenvalue weighted by molar-refractivity contribution is 6.30. The molecule has 1 aromatic carbocycles. The monoisotopic (exact) mass is 298 g/mol. The quantitative estimate of drug-likeness (QED) is 0.904. The van der Waals surface area contributed by atoms with E-state index in [1.165, 1.54) is 6.07 Å². The highest BCUT2D eigenvalue weighted by Gasteiger charge is 2.30. The minimum absolute atomic E-state index is 0.213. The Morgan fingerprint density at radius 3 is 2.75 bits per heavy atom. The van der Waals surface area contributed by atoms with Gasteiger partial charge in [-0.1, -0.05) is 31.5 Å². The van der Waals surface area contributed by atoms with Crippen LogP contribution in [0.2, 0.25) is 5.02 Å². The standard InChI is InChI=1S/C16H24ClFN2/c1-4-13-10-20(14(5-2)9-19-13)11(3)12-6-7-16(18)15(17)8-12/h6-8,11,13-14,19H,4-5,9-10H2,1-3H3. The van der Waals surface area contributed by atoms with E-state index >= 15 is 0 Å². The van der Waals surface area contributed by atoms with Crippen molar-refractivity contribution >= 4 is 11.6 Å². The SMILES string of the molecule is CCC1CN(C(C)c2ccc(F)c(Cl)c2)C(CC)CN1.